The molecule has 0 aromatic carbocycles. The van der Waals surface area contributed by atoms with Crippen molar-refractivity contribution >= 4 is 5.91 Å². The lowest BCUT2D eigenvalue weighted by Crippen LogP contribution is -2.47. The van der Waals surface area contributed by atoms with Crippen molar-refractivity contribution < 1.29 is 18.3 Å². The first-order chi connectivity index (χ1) is 6.38. The number of nitrogens with two attached hydrogens (primary N) is 1. The smallest absolute Gasteiger partial charge is 0.254 e. The molecule has 1 aliphatic heterocycles. The highest BCUT2D eigenvalue weighted by Crippen LogP contribution is 2.16. The maximum Gasteiger partial charge on any atom is 0.254 e. The first kappa shape index (κ1) is 11.3. The lowest BCUT2D eigenvalue weighted by atomic mass is 10.1. The van der Waals surface area contributed by atoms with Crippen molar-refractivity contribution in [2.24, 2.45) is 5.73 Å². The van der Waals surface area contributed by atoms with E-state index in [0.717, 1.165) is 0 Å². The molecular formula is C8H14F2N2O2. The molecular weight excluding hydrogens is 194 g/mol. The normalized spacial score (nSPS) is 27.7. The largest absolute Gasteiger partial charge is 0.378 e. The summed E-state index contributed by atoms with van der Waals surface area (Å²) in [5.41, 5.74) is 5.56. The van der Waals surface area contributed by atoms with Crippen LogP contribution in [0.15, 0.2) is 0 Å². The van der Waals surface area contributed by atoms with Crippen molar-refractivity contribution in [3.8, 4) is 0 Å². The molecule has 0 aromatic heterocycles. The summed E-state index contributed by atoms with van der Waals surface area (Å²) < 4.78 is 29.8. The third kappa shape index (κ3) is 3.55. The third-order valence-electron chi connectivity index (χ3n) is 1.94. The molecule has 2 unspecified atom stereocenters. The lowest BCUT2D eigenvalue weighted by molar-refractivity contribution is -0.128. The zero-order chi connectivity index (χ0) is 10.8. The van der Waals surface area contributed by atoms with Crippen LogP contribution in [-0.2, 0) is 9.53 Å². The number of carbonyl (C=O) groups excluding carboxylic acids is 1. The van der Waals surface area contributed by atoms with Crippen LogP contribution < -0.4 is 11.1 Å². The molecule has 82 valence electrons. The van der Waals surface area contributed by atoms with Gasteiger partial charge in [-0.25, -0.2) is 8.78 Å². The molecule has 1 heterocycles. The van der Waals surface area contributed by atoms with Gasteiger partial charge in [-0.05, 0) is 6.92 Å². The zero-order valence-corrected chi connectivity index (χ0v) is 7.93. The highest BCUT2D eigenvalue weighted by Gasteiger charge is 2.30. The topological polar surface area (TPSA) is 64.3 Å². The predicted molar refractivity (Wildman–Crippen MR) is 46.0 cm³/mol. The summed E-state index contributed by atoms with van der Waals surface area (Å²) in [5.74, 6) is -3.67. The molecule has 6 heteroatoms. The van der Waals surface area contributed by atoms with Crippen molar-refractivity contribution in [2.45, 2.75) is 31.4 Å². The molecule has 1 saturated heterocycles. The van der Waals surface area contributed by atoms with Crippen LogP contribution in [0, 0.1) is 0 Å². The first-order valence-electron chi connectivity index (χ1n) is 4.39. The molecule has 0 aromatic rings. The molecule has 1 aliphatic rings. The molecule has 4 nitrogen and oxygen atoms in total. The number of hydrogen-bond donors (Lipinski definition) is 2. The minimum atomic E-state index is -2.98. The molecule has 14 heavy (non-hydrogen) atoms. The van der Waals surface area contributed by atoms with E-state index in [9.17, 15) is 13.6 Å². The minimum Gasteiger partial charge on any atom is -0.378 e. The molecule has 0 bridgehead atoms. The summed E-state index contributed by atoms with van der Waals surface area (Å²) in [7, 11) is 0. The van der Waals surface area contributed by atoms with Gasteiger partial charge in [0.15, 0.2) is 0 Å². The summed E-state index contributed by atoms with van der Waals surface area (Å²) in [4.78, 5) is 11.1. The Bertz CT molecular complexity index is 218. The Morgan fingerprint density at radius 3 is 2.71 bits per heavy atom. The van der Waals surface area contributed by atoms with Crippen LogP contribution in [0.2, 0.25) is 0 Å². The van der Waals surface area contributed by atoms with Crippen molar-refractivity contribution in [1.29, 1.82) is 0 Å². The van der Waals surface area contributed by atoms with Gasteiger partial charge in [0.05, 0.1) is 31.7 Å². The lowest BCUT2D eigenvalue weighted by Gasteiger charge is -2.16. The van der Waals surface area contributed by atoms with E-state index in [1.807, 2.05) is 0 Å². The fourth-order valence-corrected chi connectivity index (χ4v) is 1.26. The van der Waals surface area contributed by atoms with Crippen LogP contribution in [0.5, 0.6) is 0 Å². The Morgan fingerprint density at radius 2 is 2.29 bits per heavy atom. The highest BCUT2D eigenvalue weighted by molar-refractivity contribution is 5.77. The number of halogens is 2. The van der Waals surface area contributed by atoms with Crippen LogP contribution in [0.4, 0.5) is 8.78 Å². The van der Waals surface area contributed by atoms with E-state index in [4.69, 9.17) is 10.5 Å². The SMILES string of the molecule is CC(F)(F)CC(=O)NC1COCC1N. The molecule has 0 radical (unpaired) electrons. The molecule has 3 N–H and O–H groups in total. The number of hydrogen-bond acceptors (Lipinski definition) is 3. The van der Waals surface area contributed by atoms with Crippen LogP contribution in [-0.4, -0.2) is 37.1 Å². The molecule has 0 aliphatic carbocycles. The molecule has 1 rings (SSSR count). The highest BCUT2D eigenvalue weighted by atomic mass is 19.3. The number of rotatable bonds is 3. The zero-order valence-electron chi connectivity index (χ0n) is 7.93. The molecule has 1 amide bonds. The van der Waals surface area contributed by atoms with Gasteiger partial charge in [0, 0.05) is 0 Å². The van der Waals surface area contributed by atoms with Crippen LogP contribution in [0.3, 0.4) is 0 Å². The second-order valence-electron chi connectivity index (χ2n) is 3.62. The second-order valence-corrected chi connectivity index (χ2v) is 3.62. The Morgan fingerprint density at radius 1 is 1.64 bits per heavy atom. The van der Waals surface area contributed by atoms with Gasteiger partial charge in [-0.1, -0.05) is 0 Å². The van der Waals surface area contributed by atoms with E-state index < -0.39 is 18.3 Å². The summed E-state index contributed by atoms with van der Waals surface area (Å²) in [6, 6.07) is -0.644. The second kappa shape index (κ2) is 4.18. The van der Waals surface area contributed by atoms with E-state index >= 15 is 0 Å². The molecule has 1 fully saturated rings. The Hall–Kier alpha value is -0.750. The molecule has 2 atom stereocenters. The summed E-state index contributed by atoms with van der Waals surface area (Å²) in [6.45, 7) is 1.35. The van der Waals surface area contributed by atoms with Gasteiger partial charge in [0.25, 0.3) is 5.92 Å². The van der Waals surface area contributed by atoms with Crippen molar-refractivity contribution in [1.82, 2.24) is 5.32 Å². The monoisotopic (exact) mass is 208 g/mol. The van der Waals surface area contributed by atoms with E-state index in [1.165, 1.54) is 0 Å². The number of alkyl halides is 2. The number of amides is 1. The summed E-state index contributed by atoms with van der Waals surface area (Å²) in [6.07, 6.45) is -0.809. The first-order valence-corrected chi connectivity index (χ1v) is 4.39. The Labute approximate surface area is 80.8 Å². The fourth-order valence-electron chi connectivity index (χ4n) is 1.26. The Kier molecular flexibility index (Phi) is 3.38. The quantitative estimate of drug-likeness (QED) is 0.679. The van der Waals surface area contributed by atoms with Gasteiger partial charge in [-0.2, -0.15) is 0 Å². The average Bonchev–Trinajstić information content (AvgIpc) is 2.32. The predicted octanol–water partition coefficient (Wildman–Crippen LogP) is -0.126. The van der Waals surface area contributed by atoms with Crippen LogP contribution >= 0.6 is 0 Å². The van der Waals surface area contributed by atoms with Crippen LogP contribution in [0.25, 0.3) is 0 Å². The van der Waals surface area contributed by atoms with Crippen molar-refractivity contribution in [3.05, 3.63) is 0 Å². The molecule has 0 spiro atoms. The van der Waals surface area contributed by atoms with E-state index in [0.29, 0.717) is 20.1 Å². The molecule has 0 saturated carbocycles. The van der Waals surface area contributed by atoms with E-state index in [1.54, 1.807) is 0 Å². The maximum atomic E-state index is 12.4. The minimum absolute atomic E-state index is 0.294. The van der Waals surface area contributed by atoms with Gasteiger partial charge in [-0.15, -0.1) is 0 Å². The van der Waals surface area contributed by atoms with E-state index in [2.05, 4.69) is 5.32 Å². The Balaban J connectivity index is 2.33. The van der Waals surface area contributed by atoms with Gasteiger partial charge in [-0.3, -0.25) is 4.79 Å². The van der Waals surface area contributed by atoms with Gasteiger partial charge < -0.3 is 15.8 Å². The number of nitrogens with one attached hydrogen (secondary N) is 1. The standard InChI is InChI=1S/C8H14F2N2O2/c1-8(9,10)2-7(13)12-6-4-14-3-5(6)11/h5-6H,2-4,11H2,1H3,(H,12,13). The van der Waals surface area contributed by atoms with Crippen molar-refractivity contribution in [3.63, 3.8) is 0 Å². The maximum absolute atomic E-state index is 12.4. The van der Waals surface area contributed by atoms with Gasteiger partial charge >= 0.3 is 0 Å². The average molecular weight is 208 g/mol. The van der Waals surface area contributed by atoms with E-state index in [-0.39, 0.29) is 12.1 Å². The van der Waals surface area contributed by atoms with Crippen molar-refractivity contribution in [2.75, 3.05) is 13.2 Å². The summed E-state index contributed by atoms with van der Waals surface area (Å²) in [5, 5.41) is 2.42. The third-order valence-corrected chi connectivity index (χ3v) is 1.94. The van der Waals surface area contributed by atoms with Gasteiger partial charge in [0.2, 0.25) is 5.91 Å². The number of ether oxygens (including phenoxy) is 1. The van der Waals surface area contributed by atoms with Gasteiger partial charge in [0.1, 0.15) is 0 Å². The fraction of sp³-hybridized carbons (Fsp3) is 0.875. The van der Waals surface area contributed by atoms with Crippen LogP contribution in [0.1, 0.15) is 13.3 Å². The number of carbonyl (C=O) groups is 1. The summed E-state index contributed by atoms with van der Waals surface area (Å²) >= 11 is 0.